The first kappa shape index (κ1) is 11.1. The fraction of sp³-hybridized carbons (Fsp3) is 0.462. The fourth-order valence-electron chi connectivity index (χ4n) is 1.60. The standard InChI is InChI=1S/C13H16O3/c1-13(2,3)12-15-10(11(14)16-12)9-7-5-4-6-8-9/h4-8,10,12H,1-3H3/t10?,12-/m0/s1. The molecule has 0 radical (unpaired) electrons. The quantitative estimate of drug-likeness (QED) is 0.682. The molecular weight excluding hydrogens is 204 g/mol. The Hall–Kier alpha value is -1.35. The molecule has 0 saturated carbocycles. The number of rotatable bonds is 1. The SMILES string of the molecule is CC(C)(C)[C@@H]1OC(=O)C(c2ccccc2)O1. The van der Waals surface area contributed by atoms with Crippen molar-refractivity contribution in [3.63, 3.8) is 0 Å². The van der Waals surface area contributed by atoms with Crippen LogP contribution in [0.4, 0.5) is 0 Å². The van der Waals surface area contributed by atoms with Gasteiger partial charge in [-0.15, -0.1) is 0 Å². The number of ether oxygens (including phenoxy) is 2. The van der Waals surface area contributed by atoms with Gasteiger partial charge in [-0.05, 0) is 5.56 Å². The summed E-state index contributed by atoms with van der Waals surface area (Å²) >= 11 is 0. The van der Waals surface area contributed by atoms with Crippen LogP contribution in [0.25, 0.3) is 0 Å². The van der Waals surface area contributed by atoms with Gasteiger partial charge in [0.2, 0.25) is 6.29 Å². The highest BCUT2D eigenvalue weighted by atomic mass is 16.8. The Labute approximate surface area is 95.4 Å². The molecule has 1 aliphatic heterocycles. The van der Waals surface area contributed by atoms with Gasteiger partial charge in [-0.1, -0.05) is 51.1 Å². The van der Waals surface area contributed by atoms with Gasteiger partial charge in [0.15, 0.2) is 6.10 Å². The molecule has 0 N–H and O–H groups in total. The second kappa shape index (κ2) is 3.91. The Balaban J connectivity index is 2.18. The van der Waals surface area contributed by atoms with Gasteiger partial charge in [-0.2, -0.15) is 0 Å². The summed E-state index contributed by atoms with van der Waals surface area (Å²) in [5.74, 6) is -0.300. The molecule has 86 valence electrons. The molecule has 1 aromatic rings. The van der Waals surface area contributed by atoms with Crippen LogP contribution >= 0.6 is 0 Å². The van der Waals surface area contributed by atoms with Crippen molar-refractivity contribution in [3.05, 3.63) is 35.9 Å². The number of carbonyl (C=O) groups excluding carboxylic acids is 1. The third-order valence-corrected chi connectivity index (χ3v) is 2.51. The maximum absolute atomic E-state index is 11.7. The Bertz CT molecular complexity index is 378. The van der Waals surface area contributed by atoms with Gasteiger partial charge >= 0.3 is 5.97 Å². The first-order valence-electron chi connectivity index (χ1n) is 5.39. The van der Waals surface area contributed by atoms with Gasteiger partial charge in [0.1, 0.15) is 0 Å². The maximum atomic E-state index is 11.7. The van der Waals surface area contributed by atoms with Crippen molar-refractivity contribution in [1.82, 2.24) is 0 Å². The summed E-state index contributed by atoms with van der Waals surface area (Å²) in [4.78, 5) is 11.7. The zero-order chi connectivity index (χ0) is 11.8. The number of carbonyl (C=O) groups is 1. The zero-order valence-electron chi connectivity index (χ0n) is 9.77. The summed E-state index contributed by atoms with van der Waals surface area (Å²) < 4.78 is 10.9. The second-order valence-corrected chi connectivity index (χ2v) is 5.06. The molecule has 0 aliphatic carbocycles. The van der Waals surface area contributed by atoms with E-state index in [1.165, 1.54) is 0 Å². The molecule has 0 amide bonds. The lowest BCUT2D eigenvalue weighted by atomic mass is 9.96. The Morgan fingerprint density at radius 3 is 2.25 bits per heavy atom. The molecule has 0 aromatic heterocycles. The second-order valence-electron chi connectivity index (χ2n) is 5.06. The number of hydrogen-bond acceptors (Lipinski definition) is 3. The van der Waals surface area contributed by atoms with Gasteiger partial charge in [0.25, 0.3) is 0 Å². The van der Waals surface area contributed by atoms with Gasteiger partial charge in [-0.25, -0.2) is 4.79 Å². The van der Waals surface area contributed by atoms with Crippen molar-refractivity contribution in [2.24, 2.45) is 5.41 Å². The minimum absolute atomic E-state index is 0.195. The highest BCUT2D eigenvalue weighted by Crippen LogP contribution is 2.35. The number of benzene rings is 1. The van der Waals surface area contributed by atoms with Crippen LogP contribution in [0, 0.1) is 5.41 Å². The van der Waals surface area contributed by atoms with Crippen LogP contribution in [0.3, 0.4) is 0 Å². The van der Waals surface area contributed by atoms with Crippen LogP contribution in [0.1, 0.15) is 32.4 Å². The van der Waals surface area contributed by atoms with Gasteiger partial charge in [0, 0.05) is 5.41 Å². The lowest BCUT2D eigenvalue weighted by Crippen LogP contribution is -2.27. The van der Waals surface area contributed by atoms with Crippen LogP contribution < -0.4 is 0 Å². The normalized spacial score (nSPS) is 25.6. The lowest BCUT2D eigenvalue weighted by molar-refractivity contribution is -0.154. The summed E-state index contributed by atoms with van der Waals surface area (Å²) in [7, 11) is 0. The van der Waals surface area contributed by atoms with E-state index in [4.69, 9.17) is 9.47 Å². The van der Waals surface area contributed by atoms with Crippen molar-refractivity contribution in [1.29, 1.82) is 0 Å². The van der Waals surface area contributed by atoms with Crippen LogP contribution in [0.15, 0.2) is 30.3 Å². The van der Waals surface area contributed by atoms with E-state index in [0.29, 0.717) is 0 Å². The Morgan fingerprint density at radius 1 is 1.12 bits per heavy atom. The number of hydrogen-bond donors (Lipinski definition) is 0. The molecule has 1 aromatic carbocycles. The van der Waals surface area contributed by atoms with E-state index in [-0.39, 0.29) is 11.4 Å². The van der Waals surface area contributed by atoms with Gasteiger partial charge < -0.3 is 9.47 Å². The zero-order valence-corrected chi connectivity index (χ0v) is 9.77. The largest absolute Gasteiger partial charge is 0.433 e. The third-order valence-electron chi connectivity index (χ3n) is 2.51. The van der Waals surface area contributed by atoms with E-state index in [0.717, 1.165) is 5.56 Å². The highest BCUT2D eigenvalue weighted by molar-refractivity contribution is 5.78. The summed E-state index contributed by atoms with van der Waals surface area (Å²) in [6.45, 7) is 5.95. The molecule has 1 heterocycles. The Morgan fingerprint density at radius 2 is 1.75 bits per heavy atom. The van der Waals surface area contributed by atoms with Crippen LogP contribution in [-0.4, -0.2) is 12.3 Å². The molecule has 1 fully saturated rings. The molecule has 1 unspecified atom stereocenters. The average Bonchev–Trinajstić information content (AvgIpc) is 2.61. The molecule has 2 atom stereocenters. The van der Waals surface area contributed by atoms with Crippen LogP contribution in [0.5, 0.6) is 0 Å². The monoisotopic (exact) mass is 220 g/mol. The van der Waals surface area contributed by atoms with E-state index in [9.17, 15) is 4.79 Å². The minimum atomic E-state index is -0.578. The predicted molar refractivity (Wildman–Crippen MR) is 59.6 cm³/mol. The van der Waals surface area contributed by atoms with Crippen LogP contribution in [0.2, 0.25) is 0 Å². The molecule has 0 bridgehead atoms. The minimum Gasteiger partial charge on any atom is -0.433 e. The van der Waals surface area contributed by atoms with E-state index in [1.54, 1.807) is 0 Å². The Kier molecular flexibility index (Phi) is 2.72. The highest BCUT2D eigenvalue weighted by Gasteiger charge is 2.42. The van der Waals surface area contributed by atoms with Crippen molar-refractivity contribution in [2.75, 3.05) is 0 Å². The molecular formula is C13H16O3. The van der Waals surface area contributed by atoms with E-state index in [2.05, 4.69) is 0 Å². The number of cyclic esters (lactones) is 1. The first-order chi connectivity index (χ1) is 7.48. The molecule has 16 heavy (non-hydrogen) atoms. The first-order valence-corrected chi connectivity index (χ1v) is 5.39. The fourth-order valence-corrected chi connectivity index (χ4v) is 1.60. The summed E-state index contributed by atoms with van der Waals surface area (Å²) in [6.07, 6.45) is -1.05. The predicted octanol–water partition coefficient (Wildman–Crippen LogP) is 2.67. The van der Waals surface area contributed by atoms with E-state index < -0.39 is 12.4 Å². The van der Waals surface area contributed by atoms with Crippen molar-refractivity contribution >= 4 is 5.97 Å². The topological polar surface area (TPSA) is 35.5 Å². The molecule has 0 spiro atoms. The summed E-state index contributed by atoms with van der Waals surface area (Å²) in [5, 5.41) is 0. The molecule has 2 rings (SSSR count). The van der Waals surface area contributed by atoms with Gasteiger partial charge in [-0.3, -0.25) is 0 Å². The molecule has 3 heteroatoms. The summed E-state index contributed by atoms with van der Waals surface area (Å²) in [5.41, 5.74) is 0.651. The van der Waals surface area contributed by atoms with E-state index in [1.807, 2.05) is 51.1 Å². The summed E-state index contributed by atoms with van der Waals surface area (Å²) in [6, 6.07) is 9.42. The molecule has 3 nitrogen and oxygen atoms in total. The lowest BCUT2D eigenvalue weighted by Gasteiger charge is -2.24. The van der Waals surface area contributed by atoms with Crippen molar-refractivity contribution < 1.29 is 14.3 Å². The molecule has 1 aliphatic rings. The number of esters is 1. The average molecular weight is 220 g/mol. The van der Waals surface area contributed by atoms with Crippen molar-refractivity contribution in [2.45, 2.75) is 33.2 Å². The third kappa shape index (κ3) is 2.09. The smallest absolute Gasteiger partial charge is 0.342 e. The van der Waals surface area contributed by atoms with E-state index >= 15 is 0 Å². The van der Waals surface area contributed by atoms with Gasteiger partial charge in [0.05, 0.1) is 0 Å². The maximum Gasteiger partial charge on any atom is 0.342 e. The van der Waals surface area contributed by atoms with Crippen molar-refractivity contribution in [3.8, 4) is 0 Å². The molecule has 1 saturated heterocycles. The van der Waals surface area contributed by atoms with Crippen LogP contribution in [-0.2, 0) is 14.3 Å².